The fourth-order valence-corrected chi connectivity index (χ4v) is 1.78. The molecule has 0 aliphatic heterocycles. The first-order valence-electron chi connectivity index (χ1n) is 5.40. The number of aromatic nitrogens is 3. The van der Waals surface area contributed by atoms with Crippen molar-refractivity contribution in [2.24, 2.45) is 0 Å². The van der Waals surface area contributed by atoms with Crippen LogP contribution in [0.1, 0.15) is 0 Å². The quantitative estimate of drug-likeness (QED) is 0.656. The largest absolute Gasteiger partial charge is 0.423 e. The van der Waals surface area contributed by atoms with Crippen LogP contribution in [-0.4, -0.2) is 19.9 Å². The summed E-state index contributed by atoms with van der Waals surface area (Å²) in [6.07, 6.45) is 1.49. The molecule has 0 saturated carbocycles. The number of hydrogen-bond donors (Lipinski definition) is 1. The molecule has 0 spiro atoms. The van der Waals surface area contributed by atoms with E-state index in [1.165, 1.54) is 6.20 Å². The van der Waals surface area contributed by atoms with Gasteiger partial charge in [0.1, 0.15) is 0 Å². The van der Waals surface area contributed by atoms with Crippen LogP contribution in [0.2, 0.25) is 0 Å². The third kappa shape index (κ3) is 1.53. The number of pyridine rings is 1. The van der Waals surface area contributed by atoms with E-state index >= 15 is 0 Å². The van der Waals surface area contributed by atoms with Gasteiger partial charge in [-0.05, 0) is 12.1 Å². The van der Waals surface area contributed by atoms with Crippen LogP contribution in [0.4, 0.5) is 0 Å². The maximum absolute atomic E-state index is 11.9. The highest BCUT2D eigenvalue weighted by Crippen LogP contribution is 2.16. The van der Waals surface area contributed by atoms with E-state index in [0.29, 0.717) is 15.8 Å². The Hall–Kier alpha value is -2.69. The van der Waals surface area contributed by atoms with Crippen molar-refractivity contribution in [3.63, 3.8) is 0 Å². The molecule has 0 aliphatic rings. The summed E-state index contributed by atoms with van der Waals surface area (Å²) < 4.78 is 0.532. The molecule has 0 atom stereocenters. The van der Waals surface area contributed by atoms with Crippen LogP contribution in [0.25, 0.3) is 22.4 Å². The minimum Gasteiger partial charge on any atom is -0.423 e. The number of nitrogens with zero attached hydrogens (tertiary/aromatic N) is 3. The third-order valence-corrected chi connectivity index (χ3v) is 2.64. The molecular formula is C13H9N3O2. The normalized spacial score (nSPS) is 10.7. The van der Waals surface area contributed by atoms with Crippen molar-refractivity contribution in [1.29, 1.82) is 0 Å². The summed E-state index contributed by atoms with van der Waals surface area (Å²) >= 11 is 0. The smallest absolute Gasteiger partial charge is 0.312 e. The van der Waals surface area contributed by atoms with E-state index in [2.05, 4.69) is 9.97 Å². The SMILES string of the molecule is O=c1c2ncccc2nc(-c2ccccc2)n1O. The van der Waals surface area contributed by atoms with Crippen LogP contribution in [0, 0.1) is 0 Å². The molecule has 2 heterocycles. The molecule has 0 saturated heterocycles. The summed E-state index contributed by atoms with van der Waals surface area (Å²) in [4.78, 5) is 20.1. The monoisotopic (exact) mass is 239 g/mol. The lowest BCUT2D eigenvalue weighted by atomic mass is 10.2. The molecule has 1 aromatic carbocycles. The molecule has 18 heavy (non-hydrogen) atoms. The van der Waals surface area contributed by atoms with Crippen LogP contribution < -0.4 is 5.56 Å². The van der Waals surface area contributed by atoms with Crippen LogP contribution in [0.15, 0.2) is 53.5 Å². The van der Waals surface area contributed by atoms with E-state index in [4.69, 9.17) is 0 Å². The maximum atomic E-state index is 11.9. The first-order valence-corrected chi connectivity index (χ1v) is 5.40. The highest BCUT2D eigenvalue weighted by Gasteiger charge is 2.11. The summed E-state index contributed by atoms with van der Waals surface area (Å²) in [6, 6.07) is 12.4. The Bertz CT molecular complexity index is 766. The van der Waals surface area contributed by atoms with Crippen molar-refractivity contribution >= 4 is 11.0 Å². The molecule has 1 N–H and O–H groups in total. The highest BCUT2D eigenvalue weighted by atomic mass is 16.5. The van der Waals surface area contributed by atoms with E-state index < -0.39 is 5.56 Å². The van der Waals surface area contributed by atoms with E-state index in [0.717, 1.165) is 0 Å². The molecule has 0 fully saturated rings. The Kier molecular flexibility index (Phi) is 2.30. The van der Waals surface area contributed by atoms with Gasteiger partial charge in [-0.2, -0.15) is 0 Å². The lowest BCUT2D eigenvalue weighted by molar-refractivity contribution is 0.178. The number of hydrogen-bond acceptors (Lipinski definition) is 4. The second-order valence-electron chi connectivity index (χ2n) is 3.79. The molecular weight excluding hydrogens is 230 g/mol. The molecule has 88 valence electrons. The van der Waals surface area contributed by atoms with Gasteiger partial charge in [-0.15, -0.1) is 4.73 Å². The van der Waals surface area contributed by atoms with Gasteiger partial charge >= 0.3 is 5.56 Å². The van der Waals surface area contributed by atoms with Gasteiger partial charge < -0.3 is 5.21 Å². The number of rotatable bonds is 1. The summed E-state index contributed by atoms with van der Waals surface area (Å²) in [5.41, 5.74) is 0.716. The lowest BCUT2D eigenvalue weighted by Gasteiger charge is -2.06. The molecule has 2 aromatic heterocycles. The molecule has 0 aliphatic carbocycles. The van der Waals surface area contributed by atoms with Crippen LogP contribution in [0.3, 0.4) is 0 Å². The maximum Gasteiger partial charge on any atom is 0.312 e. The van der Waals surface area contributed by atoms with Crippen molar-refractivity contribution in [2.75, 3.05) is 0 Å². The molecule has 5 nitrogen and oxygen atoms in total. The molecule has 5 heteroatoms. The average molecular weight is 239 g/mol. The Morgan fingerprint density at radius 3 is 2.61 bits per heavy atom. The topological polar surface area (TPSA) is 68.0 Å². The van der Waals surface area contributed by atoms with Crippen LogP contribution in [-0.2, 0) is 0 Å². The molecule has 0 unspecified atom stereocenters. The second-order valence-corrected chi connectivity index (χ2v) is 3.79. The summed E-state index contributed by atoms with van der Waals surface area (Å²) in [7, 11) is 0. The van der Waals surface area contributed by atoms with Crippen molar-refractivity contribution in [2.45, 2.75) is 0 Å². The molecule has 3 aromatic rings. The molecule has 0 radical (unpaired) electrons. The van der Waals surface area contributed by atoms with Crippen molar-refractivity contribution in [3.05, 3.63) is 59.0 Å². The minimum atomic E-state index is -0.570. The van der Waals surface area contributed by atoms with Crippen molar-refractivity contribution in [1.82, 2.24) is 14.7 Å². The zero-order chi connectivity index (χ0) is 12.5. The van der Waals surface area contributed by atoms with Gasteiger partial charge in [-0.1, -0.05) is 30.3 Å². The van der Waals surface area contributed by atoms with E-state index in [-0.39, 0.29) is 11.3 Å². The van der Waals surface area contributed by atoms with Gasteiger partial charge in [0, 0.05) is 11.8 Å². The zero-order valence-electron chi connectivity index (χ0n) is 9.32. The van der Waals surface area contributed by atoms with E-state index in [1.54, 1.807) is 24.3 Å². The fourth-order valence-electron chi connectivity index (χ4n) is 1.78. The van der Waals surface area contributed by atoms with Gasteiger partial charge in [0.25, 0.3) is 0 Å². The fraction of sp³-hybridized carbons (Fsp3) is 0. The van der Waals surface area contributed by atoms with Gasteiger partial charge in [0.15, 0.2) is 11.3 Å². The van der Waals surface area contributed by atoms with Gasteiger partial charge in [-0.25, -0.2) is 9.97 Å². The summed E-state index contributed by atoms with van der Waals surface area (Å²) in [5, 5.41) is 9.85. The van der Waals surface area contributed by atoms with E-state index in [9.17, 15) is 10.0 Å². The predicted octanol–water partition coefficient (Wildman–Crippen LogP) is 1.70. The van der Waals surface area contributed by atoms with Crippen LogP contribution in [0.5, 0.6) is 0 Å². The molecule has 0 amide bonds. The highest BCUT2D eigenvalue weighted by molar-refractivity contribution is 5.75. The molecule has 3 rings (SSSR count). The van der Waals surface area contributed by atoms with Crippen molar-refractivity contribution in [3.8, 4) is 11.4 Å². The van der Waals surface area contributed by atoms with Crippen molar-refractivity contribution < 1.29 is 5.21 Å². The predicted molar refractivity (Wildman–Crippen MR) is 66.4 cm³/mol. The Morgan fingerprint density at radius 1 is 1.06 bits per heavy atom. The van der Waals surface area contributed by atoms with Gasteiger partial charge in [0.05, 0.1) is 5.52 Å². The van der Waals surface area contributed by atoms with Gasteiger partial charge in [-0.3, -0.25) is 4.79 Å². The summed E-state index contributed by atoms with van der Waals surface area (Å²) in [5.74, 6) is 0.209. The second kappa shape index (κ2) is 3.96. The Balaban J connectivity index is 2.38. The standard InChI is InChI=1S/C13H9N3O2/c17-13-11-10(7-4-8-14-11)15-12(16(13)18)9-5-2-1-3-6-9/h1-8,18H. The van der Waals surface area contributed by atoms with Gasteiger partial charge in [0.2, 0.25) is 0 Å². The zero-order valence-corrected chi connectivity index (χ0v) is 9.32. The third-order valence-electron chi connectivity index (χ3n) is 2.64. The van der Waals surface area contributed by atoms with E-state index in [1.807, 2.05) is 18.2 Å². The first kappa shape index (κ1) is 10.5. The minimum absolute atomic E-state index is 0.152. The first-order chi connectivity index (χ1) is 8.77. The summed E-state index contributed by atoms with van der Waals surface area (Å²) in [6.45, 7) is 0. The lowest BCUT2D eigenvalue weighted by Crippen LogP contribution is -2.21. The number of benzene rings is 1. The van der Waals surface area contributed by atoms with Crippen LogP contribution >= 0.6 is 0 Å². The average Bonchev–Trinajstić information content (AvgIpc) is 2.44. The Morgan fingerprint density at radius 2 is 1.83 bits per heavy atom. The molecule has 0 bridgehead atoms. The number of fused-ring (bicyclic) bond motifs is 1. The Labute approximate surface area is 102 Å².